The van der Waals surface area contributed by atoms with Crippen molar-refractivity contribution in [3.63, 3.8) is 0 Å². The lowest BCUT2D eigenvalue weighted by Gasteiger charge is -2.20. The van der Waals surface area contributed by atoms with E-state index in [9.17, 15) is 8.42 Å². The zero-order valence-electron chi connectivity index (χ0n) is 12.0. The van der Waals surface area contributed by atoms with E-state index < -0.39 is 10.0 Å². The van der Waals surface area contributed by atoms with Crippen LogP contribution in [0.25, 0.3) is 0 Å². The van der Waals surface area contributed by atoms with Crippen LogP contribution in [0.15, 0.2) is 23.1 Å². The first-order valence-electron chi connectivity index (χ1n) is 6.23. The van der Waals surface area contributed by atoms with E-state index in [4.69, 9.17) is 5.73 Å². The van der Waals surface area contributed by atoms with E-state index in [1.54, 1.807) is 32.2 Å². The Kier molecular flexibility index (Phi) is 5.34. The molecule has 2 N–H and O–H groups in total. The SMILES string of the molecule is Cc1cccc(N)c1S(=O)(=O)N(C)CCCN(C)C. The molecule has 6 heteroatoms. The number of nitrogen functional groups attached to an aromatic ring is 1. The summed E-state index contributed by atoms with van der Waals surface area (Å²) in [5.74, 6) is 0. The first kappa shape index (κ1) is 15.9. The van der Waals surface area contributed by atoms with E-state index in [2.05, 4.69) is 0 Å². The highest BCUT2D eigenvalue weighted by Crippen LogP contribution is 2.25. The van der Waals surface area contributed by atoms with Crippen LogP contribution in [0, 0.1) is 6.92 Å². The zero-order valence-corrected chi connectivity index (χ0v) is 12.9. The fourth-order valence-electron chi connectivity index (χ4n) is 1.91. The minimum atomic E-state index is -3.51. The molecule has 0 spiro atoms. The average Bonchev–Trinajstić information content (AvgIpc) is 2.27. The molecule has 19 heavy (non-hydrogen) atoms. The number of nitrogens with two attached hydrogens (primary N) is 1. The maximum absolute atomic E-state index is 12.5. The van der Waals surface area contributed by atoms with Gasteiger partial charge in [0.15, 0.2) is 0 Å². The second kappa shape index (κ2) is 6.36. The average molecular weight is 285 g/mol. The second-order valence-electron chi connectivity index (χ2n) is 4.98. The van der Waals surface area contributed by atoms with Crippen molar-refractivity contribution in [2.45, 2.75) is 18.2 Å². The highest BCUT2D eigenvalue weighted by Gasteiger charge is 2.24. The third kappa shape index (κ3) is 3.92. The summed E-state index contributed by atoms with van der Waals surface area (Å²) in [6, 6.07) is 5.14. The number of sulfonamides is 1. The molecule has 108 valence electrons. The summed E-state index contributed by atoms with van der Waals surface area (Å²) in [7, 11) is 2.02. The molecule has 0 bridgehead atoms. The van der Waals surface area contributed by atoms with Gasteiger partial charge in [-0.25, -0.2) is 12.7 Å². The number of hydrogen-bond acceptors (Lipinski definition) is 4. The number of aryl methyl sites for hydroxylation is 1. The molecule has 0 amide bonds. The van der Waals surface area contributed by atoms with Crippen molar-refractivity contribution in [1.82, 2.24) is 9.21 Å². The Morgan fingerprint density at radius 1 is 1.16 bits per heavy atom. The summed E-state index contributed by atoms with van der Waals surface area (Å²) in [5.41, 5.74) is 6.79. The van der Waals surface area contributed by atoms with Crippen molar-refractivity contribution in [3.8, 4) is 0 Å². The lowest BCUT2D eigenvalue weighted by molar-refractivity contribution is 0.370. The van der Waals surface area contributed by atoms with E-state index in [0.29, 0.717) is 17.8 Å². The molecule has 0 aliphatic carbocycles. The monoisotopic (exact) mass is 285 g/mol. The lowest BCUT2D eigenvalue weighted by Crippen LogP contribution is -2.30. The van der Waals surface area contributed by atoms with Gasteiger partial charge in [-0.2, -0.15) is 0 Å². The normalized spacial score (nSPS) is 12.3. The minimum absolute atomic E-state index is 0.224. The van der Waals surface area contributed by atoms with Crippen LogP contribution in [0.2, 0.25) is 0 Å². The Balaban J connectivity index is 2.91. The van der Waals surface area contributed by atoms with Gasteiger partial charge in [-0.05, 0) is 45.6 Å². The summed E-state index contributed by atoms with van der Waals surface area (Å²) >= 11 is 0. The minimum Gasteiger partial charge on any atom is -0.398 e. The number of hydrogen-bond donors (Lipinski definition) is 1. The molecular formula is C13H23N3O2S. The van der Waals surface area contributed by atoms with Crippen molar-refractivity contribution >= 4 is 15.7 Å². The molecule has 0 aromatic heterocycles. The Labute approximate surface area is 116 Å². The molecule has 0 heterocycles. The smallest absolute Gasteiger partial charge is 0.245 e. The molecule has 0 unspecified atom stereocenters. The van der Waals surface area contributed by atoms with Crippen molar-refractivity contribution < 1.29 is 8.42 Å². The molecule has 0 aliphatic heterocycles. The van der Waals surface area contributed by atoms with Crippen LogP contribution in [0.5, 0.6) is 0 Å². The zero-order chi connectivity index (χ0) is 14.6. The molecule has 5 nitrogen and oxygen atoms in total. The van der Waals surface area contributed by atoms with Crippen LogP contribution >= 0.6 is 0 Å². The summed E-state index contributed by atoms with van der Waals surface area (Å²) in [4.78, 5) is 2.25. The van der Waals surface area contributed by atoms with Gasteiger partial charge in [0.25, 0.3) is 0 Å². The van der Waals surface area contributed by atoms with E-state index >= 15 is 0 Å². The summed E-state index contributed by atoms with van der Waals surface area (Å²) in [5, 5.41) is 0. The standard InChI is InChI=1S/C13H23N3O2S/c1-11-7-5-8-12(14)13(11)19(17,18)16(4)10-6-9-15(2)3/h5,7-8H,6,9-10,14H2,1-4H3. The molecule has 1 aromatic carbocycles. The van der Waals surface area contributed by atoms with E-state index in [-0.39, 0.29) is 4.90 Å². The van der Waals surface area contributed by atoms with Gasteiger partial charge in [0.05, 0.1) is 5.69 Å². The number of nitrogens with zero attached hydrogens (tertiary/aromatic N) is 2. The van der Waals surface area contributed by atoms with Crippen LogP contribution < -0.4 is 5.73 Å². The summed E-state index contributed by atoms with van der Waals surface area (Å²) < 4.78 is 26.3. The third-order valence-corrected chi connectivity index (χ3v) is 5.07. The first-order chi connectivity index (χ1) is 8.76. The van der Waals surface area contributed by atoms with Crippen LogP contribution in [-0.2, 0) is 10.0 Å². The maximum Gasteiger partial charge on any atom is 0.245 e. The van der Waals surface area contributed by atoms with E-state index in [0.717, 1.165) is 13.0 Å². The third-order valence-electron chi connectivity index (χ3n) is 2.99. The van der Waals surface area contributed by atoms with Crippen molar-refractivity contribution in [2.75, 3.05) is 40.0 Å². The topological polar surface area (TPSA) is 66.6 Å². The van der Waals surface area contributed by atoms with E-state index in [1.165, 1.54) is 4.31 Å². The van der Waals surface area contributed by atoms with Gasteiger partial charge in [0.2, 0.25) is 10.0 Å². The fourth-order valence-corrected chi connectivity index (χ4v) is 3.44. The molecule has 0 fully saturated rings. The van der Waals surface area contributed by atoms with Crippen LogP contribution in [-0.4, -0.2) is 51.9 Å². The number of anilines is 1. The predicted molar refractivity (Wildman–Crippen MR) is 78.6 cm³/mol. The van der Waals surface area contributed by atoms with Gasteiger partial charge in [-0.15, -0.1) is 0 Å². The largest absolute Gasteiger partial charge is 0.398 e. The Morgan fingerprint density at radius 3 is 2.32 bits per heavy atom. The predicted octanol–water partition coefficient (Wildman–Crippen LogP) is 1.15. The quantitative estimate of drug-likeness (QED) is 0.796. The van der Waals surface area contributed by atoms with Crippen molar-refractivity contribution in [2.24, 2.45) is 0 Å². The van der Waals surface area contributed by atoms with Gasteiger partial charge in [0, 0.05) is 13.6 Å². The van der Waals surface area contributed by atoms with Crippen LogP contribution in [0.4, 0.5) is 5.69 Å². The molecular weight excluding hydrogens is 262 g/mol. The molecule has 0 atom stereocenters. The second-order valence-corrected chi connectivity index (χ2v) is 6.96. The molecule has 1 rings (SSSR count). The van der Waals surface area contributed by atoms with Crippen LogP contribution in [0.3, 0.4) is 0 Å². The van der Waals surface area contributed by atoms with E-state index in [1.807, 2.05) is 19.0 Å². The molecule has 1 aromatic rings. The van der Waals surface area contributed by atoms with Gasteiger partial charge >= 0.3 is 0 Å². The molecule has 0 saturated carbocycles. The van der Waals surface area contributed by atoms with Gasteiger partial charge in [0.1, 0.15) is 4.90 Å². The molecule has 0 radical (unpaired) electrons. The Morgan fingerprint density at radius 2 is 1.79 bits per heavy atom. The lowest BCUT2D eigenvalue weighted by atomic mass is 10.2. The highest BCUT2D eigenvalue weighted by molar-refractivity contribution is 7.89. The maximum atomic E-state index is 12.5. The summed E-state index contributed by atoms with van der Waals surface area (Å²) in [6.07, 6.45) is 0.786. The highest BCUT2D eigenvalue weighted by atomic mass is 32.2. The van der Waals surface area contributed by atoms with Crippen molar-refractivity contribution in [1.29, 1.82) is 0 Å². The molecule has 0 aliphatic rings. The van der Waals surface area contributed by atoms with Crippen molar-refractivity contribution in [3.05, 3.63) is 23.8 Å². The fraction of sp³-hybridized carbons (Fsp3) is 0.538. The number of rotatable bonds is 6. The van der Waals surface area contributed by atoms with Crippen LogP contribution in [0.1, 0.15) is 12.0 Å². The van der Waals surface area contributed by atoms with Gasteiger partial charge in [-0.3, -0.25) is 0 Å². The molecule has 0 saturated heterocycles. The van der Waals surface area contributed by atoms with Gasteiger partial charge in [-0.1, -0.05) is 12.1 Å². The van der Waals surface area contributed by atoms with Gasteiger partial charge < -0.3 is 10.6 Å². The Hall–Kier alpha value is -1.11. The number of benzene rings is 1. The Bertz CT molecular complexity index is 506. The first-order valence-corrected chi connectivity index (χ1v) is 7.67. The summed E-state index contributed by atoms with van der Waals surface area (Å²) in [6.45, 7) is 3.09.